The SMILES string of the molecule is O=Cc1ccc(C=CCCC(=O)O)cc1.O=Cc1ccc(C=CCCC(=O)O)cc1. The minimum atomic E-state index is -0.795. The van der Waals surface area contributed by atoms with Crippen LogP contribution in [-0.4, -0.2) is 34.7 Å². The van der Waals surface area contributed by atoms with E-state index in [1.807, 2.05) is 48.6 Å². The zero-order chi connectivity index (χ0) is 22.2. The Bertz CT molecular complexity index is 801. The number of aliphatic carboxylic acids is 2. The van der Waals surface area contributed by atoms with Crippen molar-refractivity contribution in [2.45, 2.75) is 25.7 Å². The summed E-state index contributed by atoms with van der Waals surface area (Å²) in [5.74, 6) is -1.59. The molecule has 0 fully saturated rings. The van der Waals surface area contributed by atoms with Crippen LogP contribution < -0.4 is 0 Å². The standard InChI is InChI=1S/2C12H12O3/c2*13-9-11-7-5-10(6-8-11)3-1-2-4-12(14)15/h2*1,3,5-9H,2,4H2,(H,14,15). The second kappa shape index (κ2) is 14.2. The molecule has 0 aliphatic heterocycles. The fraction of sp³-hybridized carbons (Fsp3) is 0.167. The molecule has 0 saturated heterocycles. The molecule has 0 aliphatic carbocycles. The maximum absolute atomic E-state index is 10.4. The highest BCUT2D eigenvalue weighted by molar-refractivity contribution is 5.76. The van der Waals surface area contributed by atoms with Crippen molar-refractivity contribution in [2.75, 3.05) is 0 Å². The first-order valence-corrected chi connectivity index (χ1v) is 9.31. The lowest BCUT2D eigenvalue weighted by Crippen LogP contribution is -1.91. The Kier molecular flexibility index (Phi) is 11.5. The van der Waals surface area contributed by atoms with Crippen molar-refractivity contribution in [3.05, 3.63) is 82.9 Å². The lowest BCUT2D eigenvalue weighted by molar-refractivity contribution is -0.137. The van der Waals surface area contributed by atoms with Gasteiger partial charge in [-0.05, 0) is 24.0 Å². The summed E-state index contributed by atoms with van der Waals surface area (Å²) in [6.07, 6.45) is 10.2. The second-order valence-corrected chi connectivity index (χ2v) is 6.24. The van der Waals surface area contributed by atoms with Crippen LogP contribution in [0.5, 0.6) is 0 Å². The first-order chi connectivity index (χ1) is 14.4. The lowest BCUT2D eigenvalue weighted by atomic mass is 10.1. The van der Waals surface area contributed by atoms with Gasteiger partial charge in [0.25, 0.3) is 0 Å². The lowest BCUT2D eigenvalue weighted by Gasteiger charge is -1.93. The quantitative estimate of drug-likeness (QED) is 0.549. The number of hydrogen-bond acceptors (Lipinski definition) is 4. The monoisotopic (exact) mass is 408 g/mol. The minimum Gasteiger partial charge on any atom is -0.481 e. The Balaban J connectivity index is 0.000000300. The van der Waals surface area contributed by atoms with Gasteiger partial charge in [-0.25, -0.2) is 0 Å². The zero-order valence-corrected chi connectivity index (χ0v) is 16.4. The molecule has 0 aromatic heterocycles. The molecule has 156 valence electrons. The summed E-state index contributed by atoms with van der Waals surface area (Å²) in [5.41, 5.74) is 3.20. The normalized spacial score (nSPS) is 10.4. The van der Waals surface area contributed by atoms with Crippen molar-refractivity contribution in [3.8, 4) is 0 Å². The number of aldehydes is 2. The van der Waals surface area contributed by atoms with E-state index in [1.54, 1.807) is 24.3 Å². The Morgan fingerprint density at radius 2 is 0.900 bits per heavy atom. The number of allylic oxidation sites excluding steroid dienone is 2. The molecule has 0 unspecified atom stereocenters. The van der Waals surface area contributed by atoms with Crippen molar-refractivity contribution < 1.29 is 29.4 Å². The van der Waals surface area contributed by atoms with E-state index in [4.69, 9.17) is 10.2 Å². The van der Waals surface area contributed by atoms with E-state index in [2.05, 4.69) is 0 Å². The average Bonchev–Trinajstić information content (AvgIpc) is 2.75. The molecule has 6 nitrogen and oxygen atoms in total. The number of benzene rings is 2. The smallest absolute Gasteiger partial charge is 0.303 e. The summed E-state index contributed by atoms with van der Waals surface area (Å²) in [7, 11) is 0. The fourth-order valence-corrected chi connectivity index (χ4v) is 2.22. The summed E-state index contributed by atoms with van der Waals surface area (Å²) in [5, 5.41) is 16.8. The van der Waals surface area contributed by atoms with E-state index in [-0.39, 0.29) is 12.8 Å². The van der Waals surface area contributed by atoms with Gasteiger partial charge in [-0.15, -0.1) is 0 Å². The number of carbonyl (C=O) groups is 4. The van der Waals surface area contributed by atoms with E-state index in [0.717, 1.165) is 23.7 Å². The van der Waals surface area contributed by atoms with Crippen molar-refractivity contribution in [1.29, 1.82) is 0 Å². The number of carboxylic acids is 2. The number of carbonyl (C=O) groups excluding carboxylic acids is 2. The van der Waals surface area contributed by atoms with Gasteiger partial charge in [-0.2, -0.15) is 0 Å². The largest absolute Gasteiger partial charge is 0.481 e. The van der Waals surface area contributed by atoms with Crippen molar-refractivity contribution in [3.63, 3.8) is 0 Å². The van der Waals surface area contributed by atoms with Crippen molar-refractivity contribution in [2.24, 2.45) is 0 Å². The highest BCUT2D eigenvalue weighted by atomic mass is 16.4. The second-order valence-electron chi connectivity index (χ2n) is 6.24. The maximum atomic E-state index is 10.4. The van der Waals surface area contributed by atoms with Gasteiger partial charge in [0.15, 0.2) is 0 Å². The van der Waals surface area contributed by atoms with Crippen LogP contribution in [0.1, 0.15) is 57.5 Å². The van der Waals surface area contributed by atoms with Crippen LogP contribution in [0.4, 0.5) is 0 Å². The predicted octanol–water partition coefficient (Wildman–Crippen LogP) is 4.75. The summed E-state index contributed by atoms with van der Waals surface area (Å²) < 4.78 is 0. The molecule has 2 aromatic rings. The molecule has 0 amide bonds. The molecule has 2 aromatic carbocycles. The van der Waals surface area contributed by atoms with Gasteiger partial charge in [0.05, 0.1) is 0 Å². The highest BCUT2D eigenvalue weighted by Crippen LogP contribution is 2.06. The van der Waals surface area contributed by atoms with Gasteiger partial charge < -0.3 is 10.2 Å². The van der Waals surface area contributed by atoms with Gasteiger partial charge in [0, 0.05) is 24.0 Å². The zero-order valence-electron chi connectivity index (χ0n) is 16.4. The van der Waals surface area contributed by atoms with Gasteiger partial charge in [0.2, 0.25) is 0 Å². The summed E-state index contributed by atoms with van der Waals surface area (Å²) >= 11 is 0. The Morgan fingerprint density at radius 1 is 0.600 bits per heavy atom. The van der Waals surface area contributed by atoms with E-state index < -0.39 is 11.9 Å². The predicted molar refractivity (Wildman–Crippen MR) is 115 cm³/mol. The maximum Gasteiger partial charge on any atom is 0.303 e. The molecule has 0 bridgehead atoms. The van der Waals surface area contributed by atoms with Crippen LogP contribution in [0.25, 0.3) is 12.2 Å². The molecule has 0 radical (unpaired) electrons. The molecule has 0 aliphatic rings. The third-order valence-electron chi connectivity index (χ3n) is 3.82. The van der Waals surface area contributed by atoms with Crippen LogP contribution >= 0.6 is 0 Å². The van der Waals surface area contributed by atoms with Crippen LogP contribution in [0.15, 0.2) is 60.7 Å². The van der Waals surface area contributed by atoms with E-state index >= 15 is 0 Å². The first kappa shape index (κ1) is 24.2. The molecular weight excluding hydrogens is 384 g/mol. The summed E-state index contributed by atoms with van der Waals surface area (Å²) in [6, 6.07) is 14.2. The molecular formula is C24H24O6. The van der Waals surface area contributed by atoms with Crippen molar-refractivity contribution in [1.82, 2.24) is 0 Å². The Labute approximate surface area is 175 Å². The summed E-state index contributed by atoms with van der Waals surface area (Å²) in [6.45, 7) is 0. The molecule has 0 atom stereocenters. The Hall–Kier alpha value is -3.80. The molecule has 6 heteroatoms. The van der Waals surface area contributed by atoms with Crippen LogP contribution in [0.2, 0.25) is 0 Å². The van der Waals surface area contributed by atoms with Gasteiger partial charge >= 0.3 is 11.9 Å². The van der Waals surface area contributed by atoms with E-state index in [1.165, 1.54) is 0 Å². The van der Waals surface area contributed by atoms with E-state index in [9.17, 15) is 19.2 Å². The van der Waals surface area contributed by atoms with Crippen LogP contribution in [0, 0.1) is 0 Å². The number of rotatable bonds is 10. The average molecular weight is 408 g/mol. The topological polar surface area (TPSA) is 109 Å². The van der Waals surface area contributed by atoms with Gasteiger partial charge in [-0.1, -0.05) is 72.8 Å². The molecule has 2 rings (SSSR count). The molecule has 2 N–H and O–H groups in total. The van der Waals surface area contributed by atoms with Crippen molar-refractivity contribution >= 4 is 36.7 Å². The third-order valence-corrected chi connectivity index (χ3v) is 3.82. The molecule has 0 heterocycles. The highest BCUT2D eigenvalue weighted by Gasteiger charge is 1.94. The number of hydrogen-bond donors (Lipinski definition) is 2. The van der Waals surface area contributed by atoms with Crippen LogP contribution in [-0.2, 0) is 9.59 Å². The third kappa shape index (κ3) is 11.1. The minimum absolute atomic E-state index is 0.142. The van der Waals surface area contributed by atoms with Gasteiger partial charge in [-0.3, -0.25) is 19.2 Å². The van der Waals surface area contributed by atoms with Gasteiger partial charge in [0.1, 0.15) is 12.6 Å². The fourth-order valence-electron chi connectivity index (χ4n) is 2.22. The Morgan fingerprint density at radius 3 is 1.17 bits per heavy atom. The van der Waals surface area contributed by atoms with Crippen LogP contribution in [0.3, 0.4) is 0 Å². The summed E-state index contributed by atoms with van der Waals surface area (Å²) in [4.78, 5) is 41.2. The van der Waals surface area contributed by atoms with E-state index in [0.29, 0.717) is 24.0 Å². The molecule has 0 spiro atoms. The molecule has 0 saturated carbocycles. The first-order valence-electron chi connectivity index (χ1n) is 9.31. The molecule has 30 heavy (non-hydrogen) atoms. The number of carboxylic acid groups (broad SMARTS) is 2.